The van der Waals surface area contributed by atoms with Gasteiger partial charge in [-0.2, -0.15) is 0 Å². The van der Waals surface area contributed by atoms with Gasteiger partial charge in [-0.15, -0.1) is 5.10 Å². The van der Waals surface area contributed by atoms with Crippen molar-refractivity contribution in [3.05, 3.63) is 50.8 Å². The highest BCUT2D eigenvalue weighted by atomic mass is 35.5. The summed E-state index contributed by atoms with van der Waals surface area (Å²) in [5, 5.41) is 22.7. The van der Waals surface area contributed by atoms with Crippen molar-refractivity contribution in [3.8, 4) is 0 Å². The van der Waals surface area contributed by atoms with E-state index in [1.165, 1.54) is 12.1 Å². The van der Waals surface area contributed by atoms with Gasteiger partial charge in [-0.1, -0.05) is 23.7 Å². The standard InChI is InChI=1S/C13H16ClN5O2/c1-2-5-15-7-12-9-18(17-16-12)8-10-6-11(14)3-4-13(10)19(20)21/h3-4,6,9,15H,2,5,7-8H2,1H3. The lowest BCUT2D eigenvalue weighted by Crippen LogP contribution is -2.13. The van der Waals surface area contributed by atoms with Crippen molar-refractivity contribution >= 4 is 17.3 Å². The highest BCUT2D eigenvalue weighted by Crippen LogP contribution is 2.23. The van der Waals surface area contributed by atoms with Gasteiger partial charge in [0.2, 0.25) is 0 Å². The Labute approximate surface area is 127 Å². The zero-order valence-electron chi connectivity index (χ0n) is 11.6. The van der Waals surface area contributed by atoms with Crippen LogP contribution in [0.1, 0.15) is 24.6 Å². The van der Waals surface area contributed by atoms with Crippen LogP contribution in [0.15, 0.2) is 24.4 Å². The molecule has 0 spiro atoms. The molecule has 112 valence electrons. The van der Waals surface area contributed by atoms with E-state index in [1.807, 2.05) is 0 Å². The molecule has 7 nitrogen and oxygen atoms in total. The van der Waals surface area contributed by atoms with Crippen molar-refractivity contribution in [2.24, 2.45) is 0 Å². The summed E-state index contributed by atoms with van der Waals surface area (Å²) in [7, 11) is 0. The minimum atomic E-state index is -0.424. The summed E-state index contributed by atoms with van der Waals surface area (Å²) in [5.41, 5.74) is 1.33. The van der Waals surface area contributed by atoms with Crippen LogP contribution in [0.25, 0.3) is 0 Å². The fraction of sp³-hybridized carbons (Fsp3) is 0.385. The monoisotopic (exact) mass is 309 g/mol. The molecule has 8 heteroatoms. The van der Waals surface area contributed by atoms with Crippen LogP contribution in [0.2, 0.25) is 5.02 Å². The number of hydrogen-bond acceptors (Lipinski definition) is 5. The van der Waals surface area contributed by atoms with E-state index in [1.54, 1.807) is 16.9 Å². The predicted molar refractivity (Wildman–Crippen MR) is 79.2 cm³/mol. The van der Waals surface area contributed by atoms with Gasteiger partial charge < -0.3 is 5.32 Å². The number of rotatable bonds is 7. The molecule has 0 saturated heterocycles. The van der Waals surface area contributed by atoms with Crippen LogP contribution < -0.4 is 5.32 Å². The van der Waals surface area contributed by atoms with E-state index < -0.39 is 4.92 Å². The molecule has 0 radical (unpaired) electrons. The molecule has 0 fully saturated rings. The first-order valence-electron chi connectivity index (χ1n) is 6.62. The van der Waals surface area contributed by atoms with Crippen molar-refractivity contribution in [2.45, 2.75) is 26.4 Å². The van der Waals surface area contributed by atoms with Gasteiger partial charge in [0.15, 0.2) is 0 Å². The summed E-state index contributed by atoms with van der Waals surface area (Å²) in [4.78, 5) is 10.6. The molecule has 0 bridgehead atoms. The number of halogens is 1. The molecule has 0 aliphatic heterocycles. The lowest BCUT2D eigenvalue weighted by Gasteiger charge is -2.03. The number of nitro benzene ring substituents is 1. The van der Waals surface area contributed by atoms with E-state index >= 15 is 0 Å². The zero-order valence-corrected chi connectivity index (χ0v) is 12.4. The van der Waals surface area contributed by atoms with Gasteiger partial charge in [-0.3, -0.25) is 10.1 Å². The maximum Gasteiger partial charge on any atom is 0.274 e. The van der Waals surface area contributed by atoms with Gasteiger partial charge in [0.1, 0.15) is 0 Å². The van der Waals surface area contributed by atoms with Crippen molar-refractivity contribution < 1.29 is 4.92 Å². The van der Waals surface area contributed by atoms with E-state index in [9.17, 15) is 10.1 Å². The SMILES string of the molecule is CCCNCc1cn(Cc2cc(Cl)ccc2[N+](=O)[O-])nn1. The van der Waals surface area contributed by atoms with Crippen LogP contribution in [0.4, 0.5) is 5.69 Å². The molecular formula is C13H16ClN5O2. The zero-order chi connectivity index (χ0) is 15.2. The lowest BCUT2D eigenvalue weighted by atomic mass is 10.2. The number of benzene rings is 1. The Hall–Kier alpha value is -1.99. The second kappa shape index (κ2) is 7.14. The summed E-state index contributed by atoms with van der Waals surface area (Å²) >= 11 is 5.90. The fourth-order valence-corrected chi connectivity index (χ4v) is 2.12. The van der Waals surface area contributed by atoms with Crippen LogP contribution in [-0.4, -0.2) is 26.5 Å². The largest absolute Gasteiger partial charge is 0.311 e. The van der Waals surface area contributed by atoms with E-state index in [4.69, 9.17) is 11.6 Å². The molecule has 21 heavy (non-hydrogen) atoms. The van der Waals surface area contributed by atoms with Gasteiger partial charge in [0.05, 0.1) is 28.9 Å². The van der Waals surface area contributed by atoms with E-state index in [0.29, 0.717) is 17.1 Å². The summed E-state index contributed by atoms with van der Waals surface area (Å²) < 4.78 is 1.57. The fourth-order valence-electron chi connectivity index (χ4n) is 1.92. The first-order chi connectivity index (χ1) is 10.1. The van der Waals surface area contributed by atoms with Gasteiger partial charge in [0.25, 0.3) is 5.69 Å². The van der Waals surface area contributed by atoms with E-state index in [2.05, 4.69) is 22.6 Å². The number of nitrogens with zero attached hydrogens (tertiary/aromatic N) is 4. The van der Waals surface area contributed by atoms with Crippen LogP contribution in [0.5, 0.6) is 0 Å². The van der Waals surface area contributed by atoms with Crippen LogP contribution in [-0.2, 0) is 13.1 Å². The van der Waals surface area contributed by atoms with Crippen LogP contribution >= 0.6 is 11.6 Å². The third-order valence-corrected chi connectivity index (χ3v) is 3.12. The molecule has 1 aromatic heterocycles. The third kappa shape index (κ3) is 4.24. The first kappa shape index (κ1) is 15.4. The number of hydrogen-bond donors (Lipinski definition) is 1. The molecule has 2 aromatic rings. The minimum Gasteiger partial charge on any atom is -0.311 e. The maximum absolute atomic E-state index is 11.0. The Morgan fingerprint density at radius 1 is 1.48 bits per heavy atom. The Bertz CT molecular complexity index is 629. The molecule has 0 aliphatic carbocycles. The molecule has 0 unspecified atom stereocenters. The van der Waals surface area contributed by atoms with Crippen LogP contribution in [0.3, 0.4) is 0 Å². The molecule has 0 aliphatic rings. The summed E-state index contributed by atoms with van der Waals surface area (Å²) in [5.74, 6) is 0. The first-order valence-corrected chi connectivity index (χ1v) is 7.00. The van der Waals surface area contributed by atoms with Crippen molar-refractivity contribution in [1.82, 2.24) is 20.3 Å². The molecule has 1 aromatic carbocycles. The number of nitrogens with one attached hydrogen (secondary N) is 1. The predicted octanol–water partition coefficient (Wildman–Crippen LogP) is 2.39. The highest BCUT2D eigenvalue weighted by Gasteiger charge is 2.15. The average Bonchev–Trinajstić information content (AvgIpc) is 2.86. The van der Waals surface area contributed by atoms with Crippen molar-refractivity contribution in [2.75, 3.05) is 6.54 Å². The smallest absolute Gasteiger partial charge is 0.274 e. The molecule has 0 amide bonds. The summed E-state index contributed by atoms with van der Waals surface area (Å²) in [6.45, 7) is 3.89. The Morgan fingerprint density at radius 3 is 3.00 bits per heavy atom. The second-order valence-electron chi connectivity index (χ2n) is 4.61. The molecule has 0 atom stereocenters. The van der Waals surface area contributed by atoms with E-state index in [0.717, 1.165) is 18.7 Å². The number of nitro groups is 1. The topological polar surface area (TPSA) is 85.9 Å². The van der Waals surface area contributed by atoms with Gasteiger partial charge in [-0.05, 0) is 25.1 Å². The summed E-state index contributed by atoms with van der Waals surface area (Å²) in [6.07, 6.45) is 2.82. The lowest BCUT2D eigenvalue weighted by molar-refractivity contribution is -0.385. The maximum atomic E-state index is 11.0. The van der Waals surface area contributed by atoms with Crippen molar-refractivity contribution in [3.63, 3.8) is 0 Å². The Kier molecular flexibility index (Phi) is 5.24. The quantitative estimate of drug-likeness (QED) is 0.482. The van der Waals surface area contributed by atoms with Gasteiger partial charge in [0, 0.05) is 17.6 Å². The normalized spacial score (nSPS) is 10.8. The minimum absolute atomic E-state index is 0.0283. The molecule has 1 N–H and O–H groups in total. The third-order valence-electron chi connectivity index (χ3n) is 2.89. The van der Waals surface area contributed by atoms with Gasteiger partial charge >= 0.3 is 0 Å². The molecule has 2 rings (SSSR count). The second-order valence-corrected chi connectivity index (χ2v) is 5.05. The molecule has 1 heterocycles. The average molecular weight is 310 g/mol. The van der Waals surface area contributed by atoms with Crippen molar-refractivity contribution in [1.29, 1.82) is 0 Å². The summed E-state index contributed by atoms with van der Waals surface area (Å²) in [6, 6.07) is 4.49. The Morgan fingerprint density at radius 2 is 2.29 bits per heavy atom. The Balaban J connectivity index is 2.11. The van der Waals surface area contributed by atoms with E-state index in [-0.39, 0.29) is 12.2 Å². The molecule has 0 saturated carbocycles. The highest BCUT2D eigenvalue weighted by molar-refractivity contribution is 6.30. The number of aromatic nitrogens is 3. The van der Waals surface area contributed by atoms with Gasteiger partial charge in [-0.25, -0.2) is 4.68 Å². The molecular weight excluding hydrogens is 294 g/mol. The van der Waals surface area contributed by atoms with Crippen LogP contribution in [0, 0.1) is 10.1 Å².